The van der Waals surface area contributed by atoms with Gasteiger partial charge in [0.15, 0.2) is 17.2 Å². The molecule has 0 aliphatic rings. The molecular weight excluding hydrogens is 465 g/mol. The maximum absolute atomic E-state index is 14.5. The number of pyridine rings is 1. The highest BCUT2D eigenvalue weighted by atomic mass is 35.5. The van der Waals surface area contributed by atoms with Crippen LogP contribution in [0, 0.1) is 17.7 Å². The summed E-state index contributed by atoms with van der Waals surface area (Å²) in [5.41, 5.74) is 0.162. The van der Waals surface area contributed by atoms with E-state index in [4.69, 9.17) is 25.8 Å². The highest BCUT2D eigenvalue weighted by Crippen LogP contribution is 2.37. The Kier molecular flexibility index (Phi) is 9.55. The van der Waals surface area contributed by atoms with Crippen LogP contribution in [0.4, 0.5) is 4.39 Å². The number of benzene rings is 1. The van der Waals surface area contributed by atoms with Gasteiger partial charge in [0.25, 0.3) is 0 Å². The Morgan fingerprint density at radius 2 is 1.79 bits per heavy atom. The van der Waals surface area contributed by atoms with Gasteiger partial charge in [0.2, 0.25) is 5.75 Å². The van der Waals surface area contributed by atoms with E-state index in [0.29, 0.717) is 0 Å². The first kappa shape index (κ1) is 27.2. The lowest BCUT2D eigenvalue weighted by Gasteiger charge is -2.29. The van der Waals surface area contributed by atoms with Crippen LogP contribution in [0.25, 0.3) is 0 Å². The van der Waals surface area contributed by atoms with Gasteiger partial charge < -0.3 is 14.2 Å². The van der Waals surface area contributed by atoms with Crippen molar-refractivity contribution >= 4 is 29.3 Å². The average Bonchev–Trinajstić information content (AvgIpc) is 2.75. The predicted octanol–water partition coefficient (Wildman–Crippen LogP) is 5.39. The molecule has 0 bridgehead atoms. The molecule has 0 saturated heterocycles. The van der Waals surface area contributed by atoms with Crippen LogP contribution in [-0.4, -0.2) is 35.9 Å². The number of halogens is 2. The SMILES string of the molecule is COc1ccnc(C(=O)C[C@@H](C)C(=O)O[C@@H](C)[C@H](c2c(F)cccc2Cl)C(C)C)c1OC(C)=O. The summed E-state index contributed by atoms with van der Waals surface area (Å²) in [4.78, 5) is 41.2. The van der Waals surface area contributed by atoms with Crippen LogP contribution in [0.1, 0.15) is 63.0 Å². The van der Waals surface area contributed by atoms with Gasteiger partial charge in [-0.3, -0.25) is 14.4 Å². The maximum atomic E-state index is 14.5. The number of Topliss-reactive ketones (excluding diaryl/α,β-unsaturated/α-hetero) is 1. The topological polar surface area (TPSA) is 91.8 Å². The summed E-state index contributed by atoms with van der Waals surface area (Å²) in [5, 5.41) is 0.256. The number of aromatic nitrogens is 1. The average molecular weight is 494 g/mol. The smallest absolute Gasteiger partial charge is 0.309 e. The van der Waals surface area contributed by atoms with E-state index in [1.807, 2.05) is 13.8 Å². The summed E-state index contributed by atoms with van der Waals surface area (Å²) in [6, 6.07) is 5.87. The fraction of sp³-hybridized carbons (Fsp3) is 0.440. The minimum absolute atomic E-state index is 0.0820. The lowest BCUT2D eigenvalue weighted by atomic mass is 9.84. The van der Waals surface area contributed by atoms with Crippen molar-refractivity contribution in [2.24, 2.45) is 11.8 Å². The Hall–Kier alpha value is -3.00. The van der Waals surface area contributed by atoms with Crippen molar-refractivity contribution in [3.05, 3.63) is 52.6 Å². The van der Waals surface area contributed by atoms with Crippen molar-refractivity contribution in [3.8, 4) is 11.5 Å². The van der Waals surface area contributed by atoms with Crippen molar-refractivity contribution in [1.29, 1.82) is 0 Å². The molecule has 0 N–H and O–H groups in total. The van der Waals surface area contributed by atoms with E-state index < -0.39 is 41.5 Å². The molecule has 0 aliphatic heterocycles. The van der Waals surface area contributed by atoms with E-state index in [1.165, 1.54) is 38.4 Å². The van der Waals surface area contributed by atoms with Gasteiger partial charge in [-0.05, 0) is 25.0 Å². The second kappa shape index (κ2) is 11.9. The van der Waals surface area contributed by atoms with Crippen LogP contribution in [0.2, 0.25) is 5.02 Å². The van der Waals surface area contributed by atoms with Gasteiger partial charge in [0.05, 0.1) is 13.0 Å². The molecule has 2 aromatic rings. The number of ketones is 1. The Morgan fingerprint density at radius 3 is 2.35 bits per heavy atom. The number of ether oxygens (including phenoxy) is 3. The molecule has 9 heteroatoms. The van der Waals surface area contributed by atoms with Crippen LogP contribution >= 0.6 is 11.6 Å². The molecular formula is C25H29ClFNO6. The number of hydrogen-bond acceptors (Lipinski definition) is 7. The molecule has 34 heavy (non-hydrogen) atoms. The summed E-state index contributed by atoms with van der Waals surface area (Å²) < 4.78 is 30.4. The number of hydrogen-bond donors (Lipinski definition) is 0. The van der Waals surface area contributed by atoms with E-state index in [0.717, 1.165) is 0 Å². The molecule has 1 aromatic carbocycles. The van der Waals surface area contributed by atoms with Crippen molar-refractivity contribution < 1.29 is 33.0 Å². The lowest BCUT2D eigenvalue weighted by molar-refractivity contribution is -0.154. The van der Waals surface area contributed by atoms with E-state index in [-0.39, 0.29) is 40.1 Å². The Morgan fingerprint density at radius 1 is 1.12 bits per heavy atom. The van der Waals surface area contributed by atoms with Crippen LogP contribution in [0.5, 0.6) is 11.5 Å². The lowest BCUT2D eigenvalue weighted by Crippen LogP contribution is -2.30. The molecule has 0 amide bonds. The third-order valence-electron chi connectivity index (χ3n) is 5.35. The van der Waals surface area contributed by atoms with Gasteiger partial charge >= 0.3 is 11.9 Å². The maximum Gasteiger partial charge on any atom is 0.309 e. The molecule has 0 spiro atoms. The van der Waals surface area contributed by atoms with Gasteiger partial charge in [-0.15, -0.1) is 0 Å². The van der Waals surface area contributed by atoms with E-state index >= 15 is 0 Å². The fourth-order valence-corrected chi connectivity index (χ4v) is 4.09. The normalized spacial score (nSPS) is 13.7. The summed E-state index contributed by atoms with van der Waals surface area (Å²) in [6.07, 6.45) is 0.397. The Bertz CT molecular complexity index is 1040. The predicted molar refractivity (Wildman–Crippen MR) is 125 cm³/mol. The summed E-state index contributed by atoms with van der Waals surface area (Å²) >= 11 is 6.25. The molecule has 0 fully saturated rings. The third kappa shape index (κ3) is 6.53. The van der Waals surface area contributed by atoms with Crippen LogP contribution in [0.15, 0.2) is 30.5 Å². The highest BCUT2D eigenvalue weighted by Gasteiger charge is 2.32. The van der Waals surface area contributed by atoms with Crippen LogP contribution < -0.4 is 9.47 Å². The molecule has 7 nitrogen and oxygen atoms in total. The van der Waals surface area contributed by atoms with Crippen LogP contribution in [0.3, 0.4) is 0 Å². The molecule has 3 atom stereocenters. The number of carbonyl (C=O) groups excluding carboxylic acids is 3. The highest BCUT2D eigenvalue weighted by molar-refractivity contribution is 6.31. The van der Waals surface area contributed by atoms with Crippen molar-refractivity contribution in [2.75, 3.05) is 7.11 Å². The monoisotopic (exact) mass is 493 g/mol. The molecule has 0 aliphatic carbocycles. The molecule has 2 rings (SSSR count). The second-order valence-corrected chi connectivity index (χ2v) is 8.77. The largest absolute Gasteiger partial charge is 0.493 e. The van der Waals surface area contributed by atoms with Crippen molar-refractivity contribution in [1.82, 2.24) is 4.98 Å². The van der Waals surface area contributed by atoms with E-state index in [2.05, 4.69) is 4.98 Å². The van der Waals surface area contributed by atoms with E-state index in [1.54, 1.807) is 19.9 Å². The molecule has 0 radical (unpaired) electrons. The van der Waals surface area contributed by atoms with Gasteiger partial charge in [-0.25, -0.2) is 9.37 Å². The zero-order valence-corrected chi connectivity index (χ0v) is 20.8. The van der Waals surface area contributed by atoms with Crippen molar-refractivity contribution in [2.45, 2.75) is 53.1 Å². The number of esters is 2. The molecule has 0 unspecified atom stereocenters. The Balaban J connectivity index is 2.18. The van der Waals surface area contributed by atoms with Gasteiger partial charge in [0, 0.05) is 42.1 Å². The number of methoxy groups -OCH3 is 1. The molecule has 1 heterocycles. The minimum Gasteiger partial charge on any atom is -0.493 e. The molecule has 184 valence electrons. The molecule has 1 aromatic heterocycles. The van der Waals surface area contributed by atoms with Gasteiger partial charge in [-0.2, -0.15) is 0 Å². The zero-order valence-electron chi connectivity index (χ0n) is 20.1. The Labute approximate surface area is 203 Å². The number of nitrogens with zero attached hydrogens (tertiary/aromatic N) is 1. The zero-order chi connectivity index (χ0) is 25.6. The van der Waals surface area contributed by atoms with Gasteiger partial charge in [-0.1, -0.05) is 38.4 Å². The summed E-state index contributed by atoms with van der Waals surface area (Å²) in [5.74, 6) is -3.62. The minimum atomic E-state index is -0.836. The van der Waals surface area contributed by atoms with Gasteiger partial charge in [0.1, 0.15) is 11.9 Å². The second-order valence-electron chi connectivity index (χ2n) is 8.36. The first-order valence-corrected chi connectivity index (χ1v) is 11.2. The standard InChI is InChI=1S/C25H29ClFNO6/c1-13(2)21(22-17(26)8-7-9-18(22)27)15(4)33-25(31)14(3)12-19(30)23-24(34-16(5)29)20(32-6)10-11-28-23/h7-11,13-15,21H,12H2,1-6H3/t14-,15+,21-/m1/s1. The summed E-state index contributed by atoms with van der Waals surface area (Å²) in [7, 11) is 1.37. The quantitative estimate of drug-likeness (QED) is 0.323. The first-order valence-electron chi connectivity index (χ1n) is 10.9. The first-order chi connectivity index (χ1) is 16.0. The number of rotatable bonds is 10. The molecule has 0 saturated carbocycles. The van der Waals surface area contributed by atoms with Crippen molar-refractivity contribution in [3.63, 3.8) is 0 Å². The fourth-order valence-electron chi connectivity index (χ4n) is 3.80. The van der Waals surface area contributed by atoms with E-state index in [9.17, 15) is 18.8 Å². The number of carbonyl (C=O) groups is 3. The third-order valence-corrected chi connectivity index (χ3v) is 5.68. The van der Waals surface area contributed by atoms with Crippen LogP contribution in [-0.2, 0) is 14.3 Å². The summed E-state index contributed by atoms with van der Waals surface area (Å²) in [6.45, 7) is 8.17.